The van der Waals surface area contributed by atoms with E-state index >= 15 is 0 Å². The molecule has 0 aliphatic heterocycles. The second-order valence-electron chi connectivity index (χ2n) is 6.00. The summed E-state index contributed by atoms with van der Waals surface area (Å²) in [5, 5.41) is 4.91. The topological polar surface area (TPSA) is 51.5 Å². The molecule has 130 valence electrons. The summed E-state index contributed by atoms with van der Waals surface area (Å²) in [6.07, 6.45) is 0.279. The number of halogens is 1. The lowest BCUT2D eigenvalue weighted by molar-refractivity contribution is -0.115. The van der Waals surface area contributed by atoms with E-state index in [2.05, 4.69) is 21.2 Å². The first-order valence-corrected chi connectivity index (χ1v) is 8.97. The van der Waals surface area contributed by atoms with Crippen molar-refractivity contribution in [3.63, 3.8) is 0 Å². The van der Waals surface area contributed by atoms with Crippen LogP contribution in [0.4, 0.5) is 5.69 Å². The molecule has 3 aromatic carbocycles. The fourth-order valence-corrected chi connectivity index (χ4v) is 3.49. The number of fused-ring (bicyclic) bond motifs is 3. The number of hydrogen-bond donors (Lipinski definition) is 1. The first-order valence-electron chi connectivity index (χ1n) is 8.17. The van der Waals surface area contributed by atoms with Crippen molar-refractivity contribution in [1.82, 2.24) is 0 Å². The van der Waals surface area contributed by atoms with Gasteiger partial charge in [0.15, 0.2) is 0 Å². The van der Waals surface area contributed by atoms with Crippen molar-refractivity contribution < 1.29 is 13.9 Å². The molecule has 1 amide bonds. The van der Waals surface area contributed by atoms with Gasteiger partial charge in [-0.1, -0.05) is 46.3 Å². The zero-order valence-electron chi connectivity index (χ0n) is 14.1. The Bertz CT molecular complexity index is 1120. The SMILES string of the molecule is COc1cc2c(cc1NC(=O)Cc1cccc(Br)c1)oc1ccccc12. The number of furan rings is 1. The number of amides is 1. The second-order valence-corrected chi connectivity index (χ2v) is 6.92. The van der Waals surface area contributed by atoms with E-state index in [9.17, 15) is 4.79 Å². The van der Waals surface area contributed by atoms with E-state index in [1.165, 1.54) is 0 Å². The van der Waals surface area contributed by atoms with Crippen molar-refractivity contribution in [3.05, 3.63) is 70.7 Å². The van der Waals surface area contributed by atoms with Crippen LogP contribution >= 0.6 is 15.9 Å². The minimum atomic E-state index is -0.114. The predicted octanol–water partition coefficient (Wildman–Crippen LogP) is 5.54. The average Bonchev–Trinajstić information content (AvgIpc) is 2.98. The number of para-hydroxylation sites is 1. The third-order valence-electron chi connectivity index (χ3n) is 4.23. The van der Waals surface area contributed by atoms with Crippen LogP contribution in [-0.2, 0) is 11.2 Å². The maximum atomic E-state index is 12.5. The normalized spacial score (nSPS) is 11.0. The van der Waals surface area contributed by atoms with Crippen LogP contribution in [0, 0.1) is 0 Å². The Morgan fingerprint density at radius 3 is 2.69 bits per heavy atom. The van der Waals surface area contributed by atoms with Crippen LogP contribution in [0.3, 0.4) is 0 Å². The summed E-state index contributed by atoms with van der Waals surface area (Å²) in [7, 11) is 1.59. The van der Waals surface area contributed by atoms with Gasteiger partial charge in [0.1, 0.15) is 16.9 Å². The van der Waals surface area contributed by atoms with Crippen LogP contribution in [0.2, 0.25) is 0 Å². The monoisotopic (exact) mass is 409 g/mol. The molecule has 0 bridgehead atoms. The molecule has 0 aliphatic rings. The van der Waals surface area contributed by atoms with Crippen molar-refractivity contribution in [3.8, 4) is 5.75 Å². The molecule has 26 heavy (non-hydrogen) atoms. The molecule has 0 saturated carbocycles. The fraction of sp³-hybridized carbons (Fsp3) is 0.0952. The molecule has 0 aliphatic carbocycles. The Balaban J connectivity index is 1.66. The van der Waals surface area contributed by atoms with Crippen LogP contribution in [0.1, 0.15) is 5.56 Å². The molecule has 0 unspecified atom stereocenters. The Kier molecular flexibility index (Phi) is 4.39. The molecule has 0 radical (unpaired) electrons. The molecule has 0 atom stereocenters. The molecule has 1 aromatic heterocycles. The van der Waals surface area contributed by atoms with Gasteiger partial charge in [-0.15, -0.1) is 0 Å². The van der Waals surface area contributed by atoms with E-state index < -0.39 is 0 Å². The lowest BCUT2D eigenvalue weighted by atomic mass is 10.1. The zero-order chi connectivity index (χ0) is 18.1. The number of carbonyl (C=O) groups is 1. The summed E-state index contributed by atoms with van der Waals surface area (Å²) in [6, 6.07) is 19.2. The maximum Gasteiger partial charge on any atom is 0.228 e. The Labute approximate surface area is 158 Å². The number of hydrogen-bond acceptors (Lipinski definition) is 3. The largest absolute Gasteiger partial charge is 0.495 e. The first-order chi connectivity index (χ1) is 12.6. The molecule has 1 heterocycles. The third kappa shape index (κ3) is 3.18. The summed E-state index contributed by atoms with van der Waals surface area (Å²) in [6.45, 7) is 0. The minimum Gasteiger partial charge on any atom is -0.495 e. The molecule has 4 rings (SSSR count). The van der Waals surface area contributed by atoms with Gasteiger partial charge in [0.05, 0.1) is 19.2 Å². The van der Waals surface area contributed by atoms with E-state index in [1.54, 1.807) is 7.11 Å². The highest BCUT2D eigenvalue weighted by Gasteiger charge is 2.14. The average molecular weight is 410 g/mol. The molecule has 0 spiro atoms. The third-order valence-corrected chi connectivity index (χ3v) is 4.72. The van der Waals surface area contributed by atoms with E-state index in [4.69, 9.17) is 9.15 Å². The van der Waals surface area contributed by atoms with Crippen molar-refractivity contribution in [1.29, 1.82) is 0 Å². The number of ether oxygens (including phenoxy) is 1. The van der Waals surface area contributed by atoms with E-state index in [1.807, 2.05) is 60.7 Å². The first kappa shape index (κ1) is 16.7. The number of methoxy groups -OCH3 is 1. The standard InChI is InChI=1S/C21H16BrNO3/c1-25-20-11-16-15-7-2-3-8-18(15)26-19(16)12-17(20)23-21(24)10-13-5-4-6-14(22)9-13/h2-9,11-12H,10H2,1H3,(H,23,24). The van der Waals surface area contributed by atoms with Gasteiger partial charge >= 0.3 is 0 Å². The van der Waals surface area contributed by atoms with Gasteiger partial charge in [-0.05, 0) is 29.8 Å². The summed E-state index contributed by atoms with van der Waals surface area (Å²) >= 11 is 3.42. The number of benzene rings is 3. The highest BCUT2D eigenvalue weighted by atomic mass is 79.9. The number of rotatable bonds is 4. The van der Waals surface area contributed by atoms with Crippen molar-refractivity contribution in [2.24, 2.45) is 0 Å². The van der Waals surface area contributed by atoms with Gasteiger partial charge in [-0.2, -0.15) is 0 Å². The summed E-state index contributed by atoms with van der Waals surface area (Å²) in [5.74, 6) is 0.489. The Hall–Kier alpha value is -2.79. The fourth-order valence-electron chi connectivity index (χ4n) is 3.04. The maximum absolute atomic E-state index is 12.5. The quantitative estimate of drug-likeness (QED) is 0.481. The highest BCUT2D eigenvalue weighted by Crippen LogP contribution is 2.36. The Morgan fingerprint density at radius 1 is 1.04 bits per heavy atom. The highest BCUT2D eigenvalue weighted by molar-refractivity contribution is 9.10. The smallest absolute Gasteiger partial charge is 0.228 e. The van der Waals surface area contributed by atoms with Gasteiger partial charge in [-0.3, -0.25) is 4.79 Å². The van der Waals surface area contributed by atoms with Crippen LogP contribution in [-0.4, -0.2) is 13.0 Å². The number of anilines is 1. The molecule has 1 N–H and O–H groups in total. The molecule has 4 aromatic rings. The van der Waals surface area contributed by atoms with Crippen LogP contribution in [0.5, 0.6) is 5.75 Å². The van der Waals surface area contributed by atoms with E-state index in [0.717, 1.165) is 26.4 Å². The molecule has 4 nitrogen and oxygen atoms in total. The molecular formula is C21H16BrNO3. The van der Waals surface area contributed by atoms with Crippen molar-refractivity contribution >= 4 is 49.5 Å². The van der Waals surface area contributed by atoms with Gasteiger partial charge in [-0.25, -0.2) is 0 Å². The van der Waals surface area contributed by atoms with E-state index in [-0.39, 0.29) is 12.3 Å². The molecule has 0 fully saturated rings. The number of carbonyl (C=O) groups excluding carboxylic acids is 1. The van der Waals surface area contributed by atoms with Crippen LogP contribution in [0.25, 0.3) is 21.9 Å². The zero-order valence-corrected chi connectivity index (χ0v) is 15.7. The lowest BCUT2D eigenvalue weighted by Crippen LogP contribution is -2.15. The lowest BCUT2D eigenvalue weighted by Gasteiger charge is -2.10. The van der Waals surface area contributed by atoms with E-state index in [0.29, 0.717) is 17.0 Å². The Morgan fingerprint density at radius 2 is 1.88 bits per heavy atom. The van der Waals surface area contributed by atoms with Gasteiger partial charge in [0.2, 0.25) is 5.91 Å². The van der Waals surface area contributed by atoms with Gasteiger partial charge in [0.25, 0.3) is 0 Å². The second kappa shape index (κ2) is 6.84. The summed E-state index contributed by atoms with van der Waals surface area (Å²) < 4.78 is 12.3. The molecular weight excluding hydrogens is 394 g/mol. The minimum absolute atomic E-state index is 0.114. The number of nitrogens with one attached hydrogen (secondary N) is 1. The van der Waals surface area contributed by atoms with Crippen molar-refractivity contribution in [2.45, 2.75) is 6.42 Å². The van der Waals surface area contributed by atoms with Crippen LogP contribution in [0.15, 0.2) is 69.6 Å². The van der Waals surface area contributed by atoms with Crippen molar-refractivity contribution in [2.75, 3.05) is 12.4 Å². The predicted molar refractivity (Wildman–Crippen MR) is 107 cm³/mol. The summed E-state index contributed by atoms with van der Waals surface area (Å²) in [5.41, 5.74) is 3.05. The summed E-state index contributed by atoms with van der Waals surface area (Å²) in [4.78, 5) is 12.5. The molecule has 0 saturated heterocycles. The van der Waals surface area contributed by atoms with Gasteiger partial charge in [0, 0.05) is 21.3 Å². The molecule has 5 heteroatoms. The van der Waals surface area contributed by atoms with Crippen LogP contribution < -0.4 is 10.1 Å². The van der Waals surface area contributed by atoms with Gasteiger partial charge < -0.3 is 14.5 Å².